The molecule has 0 atom stereocenters. The van der Waals surface area contributed by atoms with Crippen LogP contribution in [0.5, 0.6) is 11.5 Å². The van der Waals surface area contributed by atoms with Crippen molar-refractivity contribution in [2.75, 3.05) is 7.11 Å². The molecule has 2 nitrogen and oxygen atoms in total. The molecule has 0 saturated carbocycles. The van der Waals surface area contributed by atoms with Crippen LogP contribution in [0.15, 0.2) is 42.5 Å². The van der Waals surface area contributed by atoms with Crippen LogP contribution in [0, 0.1) is 5.82 Å². The van der Waals surface area contributed by atoms with Crippen LogP contribution in [0.4, 0.5) is 4.39 Å². The lowest BCUT2D eigenvalue weighted by Crippen LogP contribution is -1.88. The highest BCUT2D eigenvalue weighted by atomic mass is 19.1. The van der Waals surface area contributed by atoms with Gasteiger partial charge in [-0.05, 0) is 35.4 Å². The Bertz CT molecular complexity index is 509. The Labute approximate surface area is 92.9 Å². The number of hydrogen-bond acceptors (Lipinski definition) is 2. The summed E-state index contributed by atoms with van der Waals surface area (Å²) >= 11 is 0. The smallest absolute Gasteiger partial charge is 0.165 e. The number of methoxy groups -OCH3 is 1. The quantitative estimate of drug-likeness (QED) is 0.838. The Hall–Kier alpha value is -2.03. The molecule has 0 aliphatic heterocycles. The van der Waals surface area contributed by atoms with Gasteiger partial charge in [-0.25, -0.2) is 4.39 Å². The number of rotatable bonds is 2. The third-order valence-corrected chi connectivity index (χ3v) is 2.33. The second kappa shape index (κ2) is 4.23. The molecule has 0 unspecified atom stereocenters. The molecule has 2 aromatic carbocycles. The van der Waals surface area contributed by atoms with Crippen LogP contribution < -0.4 is 4.74 Å². The van der Waals surface area contributed by atoms with Gasteiger partial charge in [0.2, 0.25) is 0 Å². The van der Waals surface area contributed by atoms with Crippen LogP contribution in [-0.4, -0.2) is 12.2 Å². The molecule has 3 heteroatoms. The van der Waals surface area contributed by atoms with Gasteiger partial charge in [0, 0.05) is 0 Å². The Morgan fingerprint density at radius 2 is 1.81 bits per heavy atom. The number of hydrogen-bond donors (Lipinski definition) is 1. The van der Waals surface area contributed by atoms with Crippen molar-refractivity contribution in [3.8, 4) is 22.6 Å². The highest BCUT2D eigenvalue weighted by molar-refractivity contribution is 5.66. The molecule has 0 aromatic heterocycles. The van der Waals surface area contributed by atoms with Crippen LogP contribution in [0.3, 0.4) is 0 Å². The van der Waals surface area contributed by atoms with Gasteiger partial charge in [-0.1, -0.05) is 18.2 Å². The minimum atomic E-state index is -0.397. The molecule has 0 spiro atoms. The van der Waals surface area contributed by atoms with Gasteiger partial charge in [-0.3, -0.25) is 0 Å². The molecule has 0 heterocycles. The van der Waals surface area contributed by atoms with Crippen molar-refractivity contribution in [2.45, 2.75) is 0 Å². The minimum Gasteiger partial charge on any atom is -0.508 e. The average Bonchev–Trinajstić information content (AvgIpc) is 2.29. The summed E-state index contributed by atoms with van der Waals surface area (Å²) in [5.74, 6) is -0.0203. The van der Waals surface area contributed by atoms with Crippen molar-refractivity contribution in [2.24, 2.45) is 0 Å². The lowest BCUT2D eigenvalue weighted by Gasteiger charge is -2.06. The number of ether oxygens (including phenoxy) is 1. The molecule has 82 valence electrons. The number of phenols is 1. The van der Waals surface area contributed by atoms with Gasteiger partial charge in [0.25, 0.3) is 0 Å². The number of halogens is 1. The van der Waals surface area contributed by atoms with Gasteiger partial charge in [0.15, 0.2) is 11.6 Å². The van der Waals surface area contributed by atoms with E-state index < -0.39 is 5.82 Å². The van der Waals surface area contributed by atoms with Gasteiger partial charge in [0.05, 0.1) is 7.11 Å². The summed E-state index contributed by atoms with van der Waals surface area (Å²) in [6.45, 7) is 0. The van der Waals surface area contributed by atoms with Crippen molar-refractivity contribution < 1.29 is 14.2 Å². The lowest BCUT2D eigenvalue weighted by molar-refractivity contribution is 0.387. The zero-order chi connectivity index (χ0) is 11.5. The van der Waals surface area contributed by atoms with Gasteiger partial charge in [0.1, 0.15) is 5.75 Å². The summed E-state index contributed by atoms with van der Waals surface area (Å²) in [4.78, 5) is 0. The zero-order valence-corrected chi connectivity index (χ0v) is 8.77. The molecule has 0 aliphatic rings. The summed E-state index contributed by atoms with van der Waals surface area (Å²) in [5, 5.41) is 9.35. The molecule has 0 amide bonds. The van der Waals surface area contributed by atoms with E-state index in [2.05, 4.69) is 0 Å². The first-order valence-corrected chi connectivity index (χ1v) is 4.83. The Morgan fingerprint density at radius 3 is 2.50 bits per heavy atom. The molecule has 0 aliphatic carbocycles. The zero-order valence-electron chi connectivity index (χ0n) is 8.77. The van der Waals surface area contributed by atoms with E-state index in [1.54, 1.807) is 30.3 Å². The standard InChI is InChI=1S/C13H11FO2/c1-16-13-8-10(5-6-12(13)14)9-3-2-4-11(15)7-9/h2-8,15H,1H3. The van der Waals surface area contributed by atoms with Crippen molar-refractivity contribution in [3.05, 3.63) is 48.3 Å². The first kappa shape index (κ1) is 10.5. The normalized spacial score (nSPS) is 10.1. The lowest BCUT2D eigenvalue weighted by atomic mass is 10.1. The van der Waals surface area contributed by atoms with Crippen molar-refractivity contribution in [3.63, 3.8) is 0 Å². The predicted octanol–water partition coefficient (Wildman–Crippen LogP) is 3.21. The van der Waals surface area contributed by atoms with Crippen LogP contribution in [0.25, 0.3) is 11.1 Å². The maximum atomic E-state index is 13.2. The molecule has 16 heavy (non-hydrogen) atoms. The molecular formula is C13H11FO2. The predicted molar refractivity (Wildman–Crippen MR) is 60.1 cm³/mol. The topological polar surface area (TPSA) is 29.5 Å². The van der Waals surface area contributed by atoms with Gasteiger partial charge in [-0.15, -0.1) is 0 Å². The molecule has 0 saturated heterocycles. The molecular weight excluding hydrogens is 207 g/mol. The second-order valence-corrected chi connectivity index (χ2v) is 3.40. The number of benzene rings is 2. The maximum absolute atomic E-state index is 13.2. The molecule has 1 N–H and O–H groups in total. The van der Waals surface area contributed by atoms with E-state index in [4.69, 9.17) is 4.74 Å². The fourth-order valence-electron chi connectivity index (χ4n) is 1.52. The van der Waals surface area contributed by atoms with E-state index in [0.717, 1.165) is 11.1 Å². The molecule has 0 fully saturated rings. The van der Waals surface area contributed by atoms with Crippen LogP contribution in [0.2, 0.25) is 0 Å². The van der Waals surface area contributed by atoms with Gasteiger partial charge >= 0.3 is 0 Å². The van der Waals surface area contributed by atoms with Crippen LogP contribution in [-0.2, 0) is 0 Å². The first-order chi connectivity index (χ1) is 7.70. The minimum absolute atomic E-state index is 0.181. The molecule has 0 bridgehead atoms. The van der Waals surface area contributed by atoms with E-state index in [0.29, 0.717) is 0 Å². The molecule has 2 aromatic rings. The van der Waals surface area contributed by atoms with E-state index in [-0.39, 0.29) is 11.5 Å². The third-order valence-electron chi connectivity index (χ3n) is 2.33. The summed E-state index contributed by atoms with van der Waals surface area (Å²) < 4.78 is 18.1. The molecule has 0 radical (unpaired) electrons. The fraction of sp³-hybridized carbons (Fsp3) is 0.0769. The van der Waals surface area contributed by atoms with Crippen molar-refractivity contribution in [1.82, 2.24) is 0 Å². The maximum Gasteiger partial charge on any atom is 0.165 e. The molecule has 2 rings (SSSR count). The Balaban J connectivity index is 2.48. The van der Waals surface area contributed by atoms with E-state index in [9.17, 15) is 9.50 Å². The highest BCUT2D eigenvalue weighted by Crippen LogP contribution is 2.28. The van der Waals surface area contributed by atoms with Gasteiger partial charge in [-0.2, -0.15) is 0 Å². The summed E-state index contributed by atoms with van der Waals surface area (Å²) in [5.41, 5.74) is 1.62. The number of aromatic hydroxyl groups is 1. The van der Waals surface area contributed by atoms with Crippen molar-refractivity contribution >= 4 is 0 Å². The van der Waals surface area contributed by atoms with E-state index in [1.807, 2.05) is 6.07 Å². The largest absolute Gasteiger partial charge is 0.508 e. The monoisotopic (exact) mass is 218 g/mol. The van der Waals surface area contributed by atoms with E-state index >= 15 is 0 Å². The van der Waals surface area contributed by atoms with Crippen LogP contribution >= 0.6 is 0 Å². The average molecular weight is 218 g/mol. The SMILES string of the molecule is COc1cc(-c2cccc(O)c2)ccc1F. The fourth-order valence-corrected chi connectivity index (χ4v) is 1.52. The van der Waals surface area contributed by atoms with Crippen molar-refractivity contribution in [1.29, 1.82) is 0 Å². The Kier molecular flexibility index (Phi) is 2.77. The third kappa shape index (κ3) is 1.98. The second-order valence-electron chi connectivity index (χ2n) is 3.40. The Morgan fingerprint density at radius 1 is 1.06 bits per heavy atom. The first-order valence-electron chi connectivity index (χ1n) is 4.83. The summed E-state index contributed by atoms with van der Waals surface area (Å²) in [6, 6.07) is 11.4. The highest BCUT2D eigenvalue weighted by Gasteiger charge is 2.05. The summed E-state index contributed by atoms with van der Waals surface area (Å²) in [6.07, 6.45) is 0. The summed E-state index contributed by atoms with van der Waals surface area (Å²) in [7, 11) is 1.42. The number of phenolic OH excluding ortho intramolecular Hbond substituents is 1. The van der Waals surface area contributed by atoms with Crippen LogP contribution in [0.1, 0.15) is 0 Å². The van der Waals surface area contributed by atoms with Gasteiger partial charge < -0.3 is 9.84 Å². The van der Waals surface area contributed by atoms with E-state index in [1.165, 1.54) is 13.2 Å².